The summed E-state index contributed by atoms with van der Waals surface area (Å²) in [5.74, 6) is 3.87. The van der Waals surface area contributed by atoms with E-state index in [-0.39, 0.29) is 18.0 Å². The van der Waals surface area contributed by atoms with Gasteiger partial charge in [-0.15, -0.1) is 0 Å². The Labute approximate surface area is 164 Å². The standard InChI is InChI=1S/C22H26N2O4/c1-26-18-4-2-3-17(8-18)21-23-19(28-24-21)13-27-20(25)12-22-9-14-5-15(10-22)7-16(6-14)11-22/h2-4,8,14-16H,5-7,9-13H2,1H3. The lowest BCUT2D eigenvalue weighted by Gasteiger charge is -2.56. The van der Waals surface area contributed by atoms with Gasteiger partial charge in [-0.2, -0.15) is 4.98 Å². The third kappa shape index (κ3) is 3.40. The van der Waals surface area contributed by atoms with Crippen molar-refractivity contribution in [1.29, 1.82) is 0 Å². The number of carbonyl (C=O) groups excluding carboxylic acids is 1. The van der Waals surface area contributed by atoms with Crippen molar-refractivity contribution in [3.63, 3.8) is 0 Å². The van der Waals surface area contributed by atoms with Gasteiger partial charge in [0.15, 0.2) is 6.61 Å². The fraction of sp³-hybridized carbons (Fsp3) is 0.591. The van der Waals surface area contributed by atoms with Crippen LogP contribution < -0.4 is 4.74 Å². The third-order valence-electron chi connectivity index (χ3n) is 6.84. The molecule has 2 aromatic rings. The van der Waals surface area contributed by atoms with Crippen LogP contribution in [0.1, 0.15) is 50.8 Å². The van der Waals surface area contributed by atoms with Crippen LogP contribution in [0.25, 0.3) is 11.4 Å². The van der Waals surface area contributed by atoms with Crippen LogP contribution in [0.2, 0.25) is 0 Å². The second-order valence-corrected chi connectivity index (χ2v) is 9.00. The molecule has 0 spiro atoms. The predicted octanol–water partition coefficient (Wildman–Crippen LogP) is 4.39. The number of ether oxygens (including phenoxy) is 2. The molecule has 0 atom stereocenters. The minimum atomic E-state index is -0.136. The highest BCUT2D eigenvalue weighted by atomic mass is 16.6. The van der Waals surface area contributed by atoms with Crippen LogP contribution in [0.3, 0.4) is 0 Å². The van der Waals surface area contributed by atoms with Gasteiger partial charge >= 0.3 is 5.97 Å². The summed E-state index contributed by atoms with van der Waals surface area (Å²) in [6, 6.07) is 7.45. The minimum Gasteiger partial charge on any atom is -0.497 e. The number of hydrogen-bond donors (Lipinski definition) is 0. The summed E-state index contributed by atoms with van der Waals surface area (Å²) in [6.45, 7) is 0.0299. The van der Waals surface area contributed by atoms with Gasteiger partial charge in [-0.3, -0.25) is 4.79 Å². The fourth-order valence-electron chi connectivity index (χ4n) is 6.20. The Hall–Kier alpha value is -2.37. The molecule has 4 aliphatic rings. The van der Waals surface area contributed by atoms with Gasteiger partial charge in [-0.05, 0) is 73.8 Å². The maximum absolute atomic E-state index is 12.5. The zero-order valence-corrected chi connectivity index (χ0v) is 16.2. The van der Waals surface area contributed by atoms with E-state index in [1.54, 1.807) is 7.11 Å². The van der Waals surface area contributed by atoms with Gasteiger partial charge in [0.2, 0.25) is 5.82 Å². The fourth-order valence-corrected chi connectivity index (χ4v) is 6.20. The van der Waals surface area contributed by atoms with Crippen LogP contribution in [0.4, 0.5) is 0 Å². The first-order chi connectivity index (χ1) is 13.6. The van der Waals surface area contributed by atoms with Crippen molar-refractivity contribution < 1.29 is 18.8 Å². The summed E-state index contributed by atoms with van der Waals surface area (Å²) >= 11 is 0. The molecule has 6 rings (SSSR count). The molecule has 4 bridgehead atoms. The quantitative estimate of drug-likeness (QED) is 0.690. The van der Waals surface area contributed by atoms with Crippen LogP contribution in [0, 0.1) is 23.2 Å². The van der Waals surface area contributed by atoms with Gasteiger partial charge in [0, 0.05) is 5.56 Å². The van der Waals surface area contributed by atoms with E-state index in [1.807, 2.05) is 24.3 Å². The van der Waals surface area contributed by atoms with E-state index in [1.165, 1.54) is 38.5 Å². The summed E-state index contributed by atoms with van der Waals surface area (Å²) in [6.07, 6.45) is 8.28. The summed E-state index contributed by atoms with van der Waals surface area (Å²) in [5.41, 5.74) is 0.987. The molecule has 1 aromatic carbocycles. The Morgan fingerprint density at radius 1 is 1.18 bits per heavy atom. The van der Waals surface area contributed by atoms with E-state index < -0.39 is 0 Å². The van der Waals surface area contributed by atoms with Crippen LogP contribution >= 0.6 is 0 Å². The van der Waals surface area contributed by atoms with Gasteiger partial charge < -0.3 is 14.0 Å². The van der Waals surface area contributed by atoms with Crippen LogP contribution in [-0.2, 0) is 16.1 Å². The lowest BCUT2D eigenvalue weighted by molar-refractivity contribution is -0.154. The highest BCUT2D eigenvalue weighted by Gasteiger charge is 2.51. The highest BCUT2D eigenvalue weighted by Crippen LogP contribution is 2.61. The second kappa shape index (κ2) is 6.90. The molecule has 148 valence electrons. The van der Waals surface area contributed by atoms with Crippen LogP contribution in [0.5, 0.6) is 5.75 Å². The molecule has 4 aliphatic carbocycles. The number of aromatic nitrogens is 2. The molecule has 28 heavy (non-hydrogen) atoms. The molecule has 4 fully saturated rings. The van der Waals surface area contributed by atoms with Gasteiger partial charge in [0.05, 0.1) is 13.5 Å². The maximum atomic E-state index is 12.5. The van der Waals surface area contributed by atoms with Crippen LogP contribution in [0.15, 0.2) is 28.8 Å². The molecule has 0 unspecified atom stereocenters. The lowest BCUT2D eigenvalue weighted by atomic mass is 9.49. The molecular formula is C22H26N2O4. The summed E-state index contributed by atoms with van der Waals surface area (Å²) in [7, 11) is 1.62. The van der Waals surface area contributed by atoms with E-state index in [9.17, 15) is 4.79 Å². The first-order valence-electron chi connectivity index (χ1n) is 10.2. The number of methoxy groups -OCH3 is 1. The maximum Gasteiger partial charge on any atom is 0.306 e. The molecule has 1 aromatic heterocycles. The van der Waals surface area contributed by atoms with Gasteiger partial charge in [0.25, 0.3) is 5.89 Å². The molecule has 6 nitrogen and oxygen atoms in total. The minimum absolute atomic E-state index is 0.0299. The summed E-state index contributed by atoms with van der Waals surface area (Å²) in [4.78, 5) is 16.9. The Morgan fingerprint density at radius 2 is 1.89 bits per heavy atom. The van der Waals surface area contributed by atoms with Crippen molar-refractivity contribution in [3.05, 3.63) is 30.2 Å². The van der Waals surface area contributed by atoms with E-state index in [4.69, 9.17) is 14.0 Å². The van der Waals surface area contributed by atoms with Crippen molar-refractivity contribution in [3.8, 4) is 17.1 Å². The Kier molecular flexibility index (Phi) is 4.37. The monoisotopic (exact) mass is 382 g/mol. The predicted molar refractivity (Wildman–Crippen MR) is 101 cm³/mol. The number of nitrogens with zero attached hydrogens (tertiary/aromatic N) is 2. The van der Waals surface area contributed by atoms with Crippen molar-refractivity contribution >= 4 is 5.97 Å². The molecule has 0 amide bonds. The molecule has 6 heteroatoms. The topological polar surface area (TPSA) is 74.5 Å². The average molecular weight is 382 g/mol. The Morgan fingerprint density at radius 3 is 2.57 bits per heavy atom. The van der Waals surface area contributed by atoms with E-state index in [0.717, 1.165) is 29.1 Å². The third-order valence-corrected chi connectivity index (χ3v) is 6.84. The van der Waals surface area contributed by atoms with E-state index in [2.05, 4.69) is 10.1 Å². The van der Waals surface area contributed by atoms with Crippen LogP contribution in [-0.4, -0.2) is 23.2 Å². The summed E-state index contributed by atoms with van der Waals surface area (Å²) in [5, 5.41) is 3.99. The molecule has 0 radical (unpaired) electrons. The van der Waals surface area contributed by atoms with Gasteiger partial charge in [0.1, 0.15) is 5.75 Å². The zero-order chi connectivity index (χ0) is 19.1. The Bertz CT molecular complexity index is 840. The molecule has 0 N–H and O–H groups in total. The first kappa shape index (κ1) is 17.7. The van der Waals surface area contributed by atoms with Gasteiger partial charge in [-0.1, -0.05) is 17.3 Å². The smallest absolute Gasteiger partial charge is 0.306 e. The largest absolute Gasteiger partial charge is 0.497 e. The first-order valence-corrected chi connectivity index (χ1v) is 10.2. The number of carbonyl (C=O) groups is 1. The van der Waals surface area contributed by atoms with Gasteiger partial charge in [-0.25, -0.2) is 0 Å². The van der Waals surface area contributed by atoms with Crippen molar-refractivity contribution in [1.82, 2.24) is 10.1 Å². The van der Waals surface area contributed by atoms with E-state index in [0.29, 0.717) is 18.1 Å². The molecular weight excluding hydrogens is 356 g/mol. The zero-order valence-electron chi connectivity index (χ0n) is 16.2. The van der Waals surface area contributed by atoms with Crippen molar-refractivity contribution in [2.24, 2.45) is 23.2 Å². The summed E-state index contributed by atoms with van der Waals surface area (Å²) < 4.78 is 16.0. The Balaban J connectivity index is 1.19. The van der Waals surface area contributed by atoms with Crippen molar-refractivity contribution in [2.45, 2.75) is 51.6 Å². The average Bonchev–Trinajstić information content (AvgIpc) is 3.14. The SMILES string of the molecule is COc1cccc(-c2noc(COC(=O)CC34CC5CC(CC(C5)C3)C4)n2)c1. The number of rotatable bonds is 6. The van der Waals surface area contributed by atoms with E-state index >= 15 is 0 Å². The molecule has 0 aliphatic heterocycles. The number of hydrogen-bond acceptors (Lipinski definition) is 6. The van der Waals surface area contributed by atoms with Crippen molar-refractivity contribution in [2.75, 3.05) is 7.11 Å². The second-order valence-electron chi connectivity index (χ2n) is 9.00. The lowest BCUT2D eigenvalue weighted by Crippen LogP contribution is -2.47. The number of esters is 1. The molecule has 4 saturated carbocycles. The normalized spacial score (nSPS) is 30.4. The number of benzene rings is 1. The molecule has 1 heterocycles. The highest BCUT2D eigenvalue weighted by molar-refractivity contribution is 5.70. The molecule has 0 saturated heterocycles.